The topological polar surface area (TPSA) is 59.6 Å². The molecule has 4 nitrogen and oxygen atoms in total. The minimum Gasteiger partial charge on any atom is -0.384 e. The summed E-state index contributed by atoms with van der Waals surface area (Å²) in [7, 11) is 1.85. The summed E-state index contributed by atoms with van der Waals surface area (Å²) in [4.78, 5) is 2.99. The van der Waals surface area contributed by atoms with Crippen molar-refractivity contribution in [2.75, 3.05) is 5.73 Å². The van der Waals surface area contributed by atoms with Crippen molar-refractivity contribution in [3.63, 3.8) is 0 Å². The molecule has 0 amide bonds. The van der Waals surface area contributed by atoms with E-state index in [1.807, 2.05) is 32.4 Å². The van der Waals surface area contributed by atoms with E-state index in [4.69, 9.17) is 5.73 Å². The van der Waals surface area contributed by atoms with Gasteiger partial charge in [-0.15, -0.1) is 0 Å². The Kier molecular flexibility index (Phi) is 1.62. The van der Waals surface area contributed by atoms with Gasteiger partial charge in [-0.2, -0.15) is 5.10 Å². The summed E-state index contributed by atoms with van der Waals surface area (Å²) in [5.74, 6) is 0.719. The molecule has 0 bridgehead atoms. The first kappa shape index (κ1) is 7.91. The van der Waals surface area contributed by atoms with Crippen molar-refractivity contribution in [1.29, 1.82) is 0 Å². The smallest absolute Gasteiger partial charge is 0.124 e. The first-order valence-corrected chi connectivity index (χ1v) is 4.12. The molecule has 68 valence electrons. The zero-order valence-electron chi connectivity index (χ0n) is 7.70. The van der Waals surface area contributed by atoms with Crippen LogP contribution in [0.4, 0.5) is 5.82 Å². The van der Waals surface area contributed by atoms with Gasteiger partial charge in [0.15, 0.2) is 0 Å². The number of aryl methyl sites for hydroxylation is 1. The first-order valence-electron chi connectivity index (χ1n) is 4.12. The maximum Gasteiger partial charge on any atom is 0.124 e. The van der Waals surface area contributed by atoms with E-state index in [0.717, 1.165) is 22.6 Å². The molecular formula is C9H12N4. The molecule has 4 heteroatoms. The number of nitrogens with zero attached hydrogens (tertiary/aromatic N) is 2. The molecule has 0 saturated heterocycles. The zero-order valence-corrected chi connectivity index (χ0v) is 7.70. The van der Waals surface area contributed by atoms with Gasteiger partial charge in [0.1, 0.15) is 5.82 Å². The molecule has 13 heavy (non-hydrogen) atoms. The molecule has 0 radical (unpaired) electrons. The molecule has 0 aliphatic rings. The average Bonchev–Trinajstić information content (AvgIpc) is 2.70. The summed E-state index contributed by atoms with van der Waals surface area (Å²) in [6.07, 6.45) is 3.79. The zero-order chi connectivity index (χ0) is 9.42. The van der Waals surface area contributed by atoms with Crippen LogP contribution in [0, 0.1) is 6.92 Å². The highest BCUT2D eigenvalue weighted by molar-refractivity contribution is 5.67. The highest BCUT2D eigenvalue weighted by Gasteiger charge is 2.10. The van der Waals surface area contributed by atoms with E-state index >= 15 is 0 Å². The van der Waals surface area contributed by atoms with E-state index in [-0.39, 0.29) is 0 Å². The highest BCUT2D eigenvalue weighted by Crippen LogP contribution is 2.24. The Labute approximate surface area is 76.4 Å². The van der Waals surface area contributed by atoms with Gasteiger partial charge < -0.3 is 10.7 Å². The van der Waals surface area contributed by atoms with Crippen molar-refractivity contribution in [2.45, 2.75) is 6.92 Å². The van der Waals surface area contributed by atoms with Crippen molar-refractivity contribution in [3.8, 4) is 11.3 Å². The number of nitrogens with two attached hydrogens (primary N) is 1. The number of nitrogens with one attached hydrogen (secondary N) is 1. The third kappa shape index (κ3) is 1.11. The van der Waals surface area contributed by atoms with E-state index in [1.165, 1.54) is 0 Å². The molecule has 3 N–H and O–H groups in total. The third-order valence-corrected chi connectivity index (χ3v) is 2.21. The Morgan fingerprint density at radius 3 is 2.77 bits per heavy atom. The second-order valence-electron chi connectivity index (χ2n) is 3.08. The van der Waals surface area contributed by atoms with Crippen molar-refractivity contribution < 1.29 is 0 Å². The lowest BCUT2D eigenvalue weighted by Crippen LogP contribution is -1.97. The van der Waals surface area contributed by atoms with E-state index in [0.29, 0.717) is 0 Å². The SMILES string of the molecule is Cc1c(-c2cc[nH]c2)nn(C)c1N. The van der Waals surface area contributed by atoms with Crippen molar-refractivity contribution in [1.82, 2.24) is 14.8 Å². The fraction of sp³-hybridized carbons (Fsp3) is 0.222. The Bertz CT molecular complexity index is 411. The van der Waals surface area contributed by atoms with Gasteiger partial charge in [-0.1, -0.05) is 0 Å². The third-order valence-electron chi connectivity index (χ3n) is 2.21. The molecule has 0 aliphatic carbocycles. The number of rotatable bonds is 1. The molecule has 0 aliphatic heterocycles. The van der Waals surface area contributed by atoms with E-state index < -0.39 is 0 Å². The normalized spacial score (nSPS) is 10.6. The summed E-state index contributed by atoms with van der Waals surface area (Å²) < 4.78 is 1.69. The molecular weight excluding hydrogens is 164 g/mol. The van der Waals surface area contributed by atoms with Crippen LogP contribution in [-0.2, 0) is 7.05 Å². The number of hydrogen-bond donors (Lipinski definition) is 2. The van der Waals surface area contributed by atoms with Crippen LogP contribution in [0.3, 0.4) is 0 Å². The van der Waals surface area contributed by atoms with Gasteiger partial charge in [0.2, 0.25) is 0 Å². The number of nitrogen functional groups attached to an aromatic ring is 1. The second-order valence-corrected chi connectivity index (χ2v) is 3.08. The lowest BCUT2D eigenvalue weighted by molar-refractivity contribution is 0.782. The molecule has 0 saturated carbocycles. The van der Waals surface area contributed by atoms with Gasteiger partial charge in [-0.3, -0.25) is 4.68 Å². The monoisotopic (exact) mass is 176 g/mol. The molecule has 2 aromatic rings. The fourth-order valence-corrected chi connectivity index (χ4v) is 1.39. The summed E-state index contributed by atoms with van der Waals surface area (Å²) in [6.45, 7) is 1.98. The molecule has 0 unspecified atom stereocenters. The Hall–Kier alpha value is -1.71. The van der Waals surface area contributed by atoms with E-state index in [1.54, 1.807) is 4.68 Å². The first-order chi connectivity index (χ1) is 6.20. The van der Waals surface area contributed by atoms with Crippen molar-refractivity contribution >= 4 is 5.82 Å². The average molecular weight is 176 g/mol. The maximum atomic E-state index is 5.80. The Balaban J connectivity index is 2.59. The summed E-state index contributed by atoms with van der Waals surface area (Å²) in [5, 5.41) is 4.32. The Morgan fingerprint density at radius 2 is 2.31 bits per heavy atom. The number of aromatic nitrogens is 3. The lowest BCUT2D eigenvalue weighted by Gasteiger charge is -1.92. The van der Waals surface area contributed by atoms with Crippen LogP contribution in [0.15, 0.2) is 18.5 Å². The minimum absolute atomic E-state index is 0.719. The van der Waals surface area contributed by atoms with Gasteiger partial charge >= 0.3 is 0 Å². The fourth-order valence-electron chi connectivity index (χ4n) is 1.39. The van der Waals surface area contributed by atoms with Crippen LogP contribution < -0.4 is 5.73 Å². The van der Waals surface area contributed by atoms with Crippen LogP contribution in [0.1, 0.15) is 5.56 Å². The number of anilines is 1. The number of aromatic amines is 1. The highest BCUT2D eigenvalue weighted by atomic mass is 15.3. The summed E-state index contributed by atoms with van der Waals surface area (Å²) in [6, 6.07) is 1.98. The summed E-state index contributed by atoms with van der Waals surface area (Å²) in [5.41, 5.74) is 8.85. The van der Waals surface area contributed by atoms with Gasteiger partial charge in [0.25, 0.3) is 0 Å². The van der Waals surface area contributed by atoms with Crippen molar-refractivity contribution in [2.24, 2.45) is 7.05 Å². The van der Waals surface area contributed by atoms with Gasteiger partial charge in [0.05, 0.1) is 5.69 Å². The number of hydrogen-bond acceptors (Lipinski definition) is 2. The molecule has 0 fully saturated rings. The van der Waals surface area contributed by atoms with Crippen LogP contribution in [0.5, 0.6) is 0 Å². The van der Waals surface area contributed by atoms with Crippen LogP contribution in [-0.4, -0.2) is 14.8 Å². The van der Waals surface area contributed by atoms with Crippen LogP contribution >= 0.6 is 0 Å². The Morgan fingerprint density at radius 1 is 1.54 bits per heavy atom. The molecule has 2 aromatic heterocycles. The second kappa shape index (κ2) is 2.65. The molecule has 0 atom stereocenters. The predicted octanol–water partition coefficient (Wildman–Crippen LogP) is 1.31. The van der Waals surface area contributed by atoms with Gasteiger partial charge in [0, 0.05) is 30.6 Å². The minimum atomic E-state index is 0.719. The quantitative estimate of drug-likeness (QED) is 0.688. The van der Waals surface area contributed by atoms with Crippen molar-refractivity contribution in [3.05, 3.63) is 24.0 Å². The van der Waals surface area contributed by atoms with Crippen LogP contribution in [0.25, 0.3) is 11.3 Å². The molecule has 2 rings (SSSR count). The van der Waals surface area contributed by atoms with E-state index in [9.17, 15) is 0 Å². The number of H-pyrrole nitrogens is 1. The van der Waals surface area contributed by atoms with Gasteiger partial charge in [-0.05, 0) is 13.0 Å². The van der Waals surface area contributed by atoms with Gasteiger partial charge in [-0.25, -0.2) is 0 Å². The van der Waals surface area contributed by atoms with Crippen LogP contribution in [0.2, 0.25) is 0 Å². The standard InChI is InChI=1S/C9H12N4/c1-6-8(7-3-4-11-5-7)12-13(2)9(6)10/h3-5,11H,10H2,1-2H3. The molecule has 0 aromatic carbocycles. The lowest BCUT2D eigenvalue weighted by atomic mass is 10.1. The molecule has 0 spiro atoms. The molecule has 2 heterocycles. The predicted molar refractivity (Wildman–Crippen MR) is 52.1 cm³/mol. The summed E-state index contributed by atoms with van der Waals surface area (Å²) >= 11 is 0. The van der Waals surface area contributed by atoms with E-state index in [2.05, 4.69) is 10.1 Å². The maximum absolute atomic E-state index is 5.80. The largest absolute Gasteiger partial charge is 0.384 e.